The van der Waals surface area contributed by atoms with Crippen LogP contribution < -0.4 is 10.9 Å². The zero-order chi connectivity index (χ0) is 15.5. The third-order valence-electron chi connectivity index (χ3n) is 3.56. The molecule has 1 amide bonds. The van der Waals surface area contributed by atoms with Gasteiger partial charge in [0, 0.05) is 5.39 Å². The maximum atomic E-state index is 12.5. The van der Waals surface area contributed by atoms with Crippen LogP contribution in [0.15, 0.2) is 59.4 Å². The summed E-state index contributed by atoms with van der Waals surface area (Å²) in [6.07, 6.45) is 0. The van der Waals surface area contributed by atoms with Gasteiger partial charge in [-0.15, -0.1) is 0 Å². The first-order chi connectivity index (χ1) is 10.7. The number of fused-ring (bicyclic) bond motifs is 1. The Morgan fingerprint density at radius 2 is 1.68 bits per heavy atom. The molecule has 0 radical (unpaired) electrons. The highest BCUT2D eigenvalue weighted by Gasteiger charge is 2.16. The van der Waals surface area contributed by atoms with Crippen LogP contribution in [0, 0.1) is 0 Å². The summed E-state index contributed by atoms with van der Waals surface area (Å²) < 4.78 is 0. The normalized spacial score (nSPS) is 12.0. The van der Waals surface area contributed by atoms with Crippen LogP contribution in [-0.4, -0.2) is 16.1 Å². The third kappa shape index (κ3) is 2.61. The number of carbonyl (C=O) groups excluding carboxylic acids is 1. The Labute approximate surface area is 127 Å². The van der Waals surface area contributed by atoms with E-state index in [2.05, 4.69) is 15.5 Å². The number of benzene rings is 2. The molecular formula is C17H15N3O2. The first-order valence-electron chi connectivity index (χ1n) is 7.00. The quantitative estimate of drug-likeness (QED) is 0.778. The fourth-order valence-corrected chi connectivity index (χ4v) is 2.38. The van der Waals surface area contributed by atoms with E-state index in [4.69, 9.17) is 0 Å². The summed E-state index contributed by atoms with van der Waals surface area (Å²) in [5.74, 6) is -0.316. The van der Waals surface area contributed by atoms with Crippen molar-refractivity contribution in [3.05, 3.63) is 76.2 Å². The van der Waals surface area contributed by atoms with E-state index in [0.717, 1.165) is 5.56 Å². The lowest BCUT2D eigenvalue weighted by molar-refractivity contribution is 0.0935. The van der Waals surface area contributed by atoms with Crippen molar-refractivity contribution in [2.75, 3.05) is 0 Å². The van der Waals surface area contributed by atoms with E-state index in [-0.39, 0.29) is 23.2 Å². The van der Waals surface area contributed by atoms with Crippen LogP contribution in [0.4, 0.5) is 0 Å². The zero-order valence-corrected chi connectivity index (χ0v) is 12.0. The summed E-state index contributed by atoms with van der Waals surface area (Å²) in [5, 5.41) is 10.2. The van der Waals surface area contributed by atoms with E-state index in [9.17, 15) is 9.59 Å². The molecule has 2 N–H and O–H groups in total. The van der Waals surface area contributed by atoms with Crippen LogP contribution in [0.5, 0.6) is 0 Å². The van der Waals surface area contributed by atoms with E-state index < -0.39 is 0 Å². The Kier molecular flexibility index (Phi) is 3.70. The molecule has 22 heavy (non-hydrogen) atoms. The van der Waals surface area contributed by atoms with Crippen LogP contribution in [0.1, 0.15) is 29.0 Å². The van der Waals surface area contributed by atoms with E-state index in [1.54, 1.807) is 24.3 Å². The molecule has 5 heteroatoms. The van der Waals surface area contributed by atoms with Gasteiger partial charge in [0.1, 0.15) is 0 Å². The largest absolute Gasteiger partial charge is 0.344 e. The van der Waals surface area contributed by atoms with Crippen LogP contribution in [0.2, 0.25) is 0 Å². The van der Waals surface area contributed by atoms with Gasteiger partial charge in [0.2, 0.25) is 0 Å². The fourth-order valence-electron chi connectivity index (χ4n) is 2.38. The highest BCUT2D eigenvalue weighted by atomic mass is 16.2. The van der Waals surface area contributed by atoms with Crippen molar-refractivity contribution < 1.29 is 4.79 Å². The van der Waals surface area contributed by atoms with Gasteiger partial charge in [0.05, 0.1) is 11.4 Å². The second kappa shape index (κ2) is 5.81. The SMILES string of the molecule is CC(NC(=O)c1n[nH]c(=O)c2ccccc12)c1ccccc1. The van der Waals surface area contributed by atoms with Gasteiger partial charge in [-0.3, -0.25) is 9.59 Å². The van der Waals surface area contributed by atoms with Crippen molar-refractivity contribution >= 4 is 16.7 Å². The molecule has 0 aliphatic rings. The molecule has 2 aromatic carbocycles. The number of nitrogens with zero attached hydrogens (tertiary/aromatic N) is 1. The summed E-state index contributed by atoms with van der Waals surface area (Å²) in [7, 11) is 0. The van der Waals surface area contributed by atoms with Gasteiger partial charge in [-0.05, 0) is 18.6 Å². The molecular weight excluding hydrogens is 278 g/mol. The number of aromatic nitrogens is 2. The van der Waals surface area contributed by atoms with Gasteiger partial charge in [-0.25, -0.2) is 5.10 Å². The zero-order valence-electron chi connectivity index (χ0n) is 12.0. The number of rotatable bonds is 3. The maximum absolute atomic E-state index is 12.5. The maximum Gasteiger partial charge on any atom is 0.272 e. The number of hydrogen-bond donors (Lipinski definition) is 2. The monoisotopic (exact) mass is 293 g/mol. The van der Waals surface area contributed by atoms with Gasteiger partial charge in [0.15, 0.2) is 5.69 Å². The second-order valence-corrected chi connectivity index (χ2v) is 5.05. The Morgan fingerprint density at radius 1 is 1.05 bits per heavy atom. The fraction of sp³-hybridized carbons (Fsp3) is 0.118. The van der Waals surface area contributed by atoms with Gasteiger partial charge < -0.3 is 5.32 Å². The summed E-state index contributed by atoms with van der Waals surface area (Å²) in [5.41, 5.74) is 0.922. The molecule has 0 aliphatic carbocycles. The molecule has 5 nitrogen and oxygen atoms in total. The second-order valence-electron chi connectivity index (χ2n) is 5.05. The minimum Gasteiger partial charge on any atom is -0.344 e. The molecule has 0 saturated heterocycles. The summed E-state index contributed by atoms with van der Waals surface area (Å²) in [4.78, 5) is 24.2. The average molecular weight is 293 g/mol. The Hall–Kier alpha value is -2.95. The van der Waals surface area contributed by atoms with Crippen molar-refractivity contribution in [3.63, 3.8) is 0 Å². The highest BCUT2D eigenvalue weighted by molar-refractivity contribution is 6.04. The van der Waals surface area contributed by atoms with Gasteiger partial charge in [-0.1, -0.05) is 48.5 Å². The number of H-pyrrole nitrogens is 1. The molecule has 0 aliphatic heterocycles. The predicted octanol–water partition coefficient (Wildman–Crippen LogP) is 2.41. The van der Waals surface area contributed by atoms with E-state index >= 15 is 0 Å². The van der Waals surface area contributed by atoms with E-state index in [0.29, 0.717) is 10.8 Å². The number of carbonyl (C=O) groups is 1. The van der Waals surface area contributed by atoms with Crippen LogP contribution in [0.3, 0.4) is 0 Å². The van der Waals surface area contributed by atoms with Gasteiger partial charge >= 0.3 is 0 Å². The third-order valence-corrected chi connectivity index (χ3v) is 3.56. The minimum absolute atomic E-state index is 0.152. The van der Waals surface area contributed by atoms with Crippen molar-refractivity contribution in [2.24, 2.45) is 0 Å². The number of hydrogen-bond acceptors (Lipinski definition) is 3. The first-order valence-corrected chi connectivity index (χ1v) is 7.00. The summed E-state index contributed by atoms with van der Waals surface area (Å²) >= 11 is 0. The smallest absolute Gasteiger partial charge is 0.272 e. The van der Waals surface area contributed by atoms with E-state index in [1.165, 1.54) is 0 Å². The Bertz CT molecular complexity index is 872. The molecule has 1 heterocycles. The van der Waals surface area contributed by atoms with Crippen LogP contribution in [0.25, 0.3) is 10.8 Å². The molecule has 0 fully saturated rings. The molecule has 0 spiro atoms. The Balaban J connectivity index is 1.93. The highest BCUT2D eigenvalue weighted by Crippen LogP contribution is 2.15. The molecule has 110 valence electrons. The molecule has 3 rings (SSSR count). The van der Waals surface area contributed by atoms with Crippen molar-refractivity contribution in [1.82, 2.24) is 15.5 Å². The lowest BCUT2D eigenvalue weighted by atomic mass is 10.1. The van der Waals surface area contributed by atoms with Crippen LogP contribution >= 0.6 is 0 Å². The number of nitrogens with one attached hydrogen (secondary N) is 2. The Morgan fingerprint density at radius 3 is 2.41 bits per heavy atom. The number of aromatic amines is 1. The summed E-state index contributed by atoms with van der Waals surface area (Å²) in [6.45, 7) is 1.90. The lowest BCUT2D eigenvalue weighted by Gasteiger charge is -2.14. The van der Waals surface area contributed by atoms with Gasteiger partial charge in [0.25, 0.3) is 11.5 Å². The number of amides is 1. The topological polar surface area (TPSA) is 74.8 Å². The van der Waals surface area contributed by atoms with Crippen LogP contribution in [-0.2, 0) is 0 Å². The lowest BCUT2D eigenvalue weighted by Crippen LogP contribution is -2.29. The summed E-state index contributed by atoms with van der Waals surface area (Å²) in [6, 6.07) is 16.4. The molecule has 3 aromatic rings. The minimum atomic E-state index is -0.316. The van der Waals surface area contributed by atoms with Gasteiger partial charge in [-0.2, -0.15) is 5.10 Å². The van der Waals surface area contributed by atoms with Crippen molar-refractivity contribution in [3.8, 4) is 0 Å². The average Bonchev–Trinajstić information content (AvgIpc) is 2.56. The molecule has 1 atom stereocenters. The molecule has 1 unspecified atom stereocenters. The van der Waals surface area contributed by atoms with E-state index in [1.807, 2.05) is 37.3 Å². The standard InChI is InChI=1S/C17H15N3O2/c1-11(12-7-3-2-4-8-12)18-17(22)15-13-9-5-6-10-14(13)16(21)20-19-15/h2-11H,1H3,(H,18,22)(H,20,21). The molecule has 1 aromatic heterocycles. The van der Waals surface area contributed by atoms with Crippen molar-refractivity contribution in [1.29, 1.82) is 0 Å². The van der Waals surface area contributed by atoms with Crippen molar-refractivity contribution in [2.45, 2.75) is 13.0 Å². The first kappa shape index (κ1) is 14.0. The molecule has 0 bridgehead atoms. The predicted molar refractivity (Wildman–Crippen MR) is 84.7 cm³/mol. The molecule has 0 saturated carbocycles.